The average Bonchev–Trinajstić information content (AvgIpc) is 2.82. The topological polar surface area (TPSA) is 61.8 Å². The van der Waals surface area contributed by atoms with Crippen LogP contribution in [0.4, 0.5) is 0 Å². The molecule has 0 radical (unpaired) electrons. The predicted octanol–water partition coefficient (Wildman–Crippen LogP) is 6.41. The maximum absolute atomic E-state index is 13.1. The van der Waals surface area contributed by atoms with Crippen LogP contribution >= 0.6 is 0 Å². The van der Waals surface area contributed by atoms with Crippen LogP contribution in [0.3, 0.4) is 0 Å². The molecule has 0 amide bonds. The number of hydrogen-bond acceptors (Lipinski definition) is 5. The van der Waals surface area contributed by atoms with Crippen molar-refractivity contribution in [3.63, 3.8) is 0 Å². The molecule has 0 aromatic rings. The molecule has 37 heavy (non-hydrogen) atoms. The summed E-state index contributed by atoms with van der Waals surface area (Å²) in [5.41, 5.74) is 0.00709. The summed E-state index contributed by atoms with van der Waals surface area (Å²) in [6.45, 7) is 12.5. The molecule has 0 N–H and O–H groups in total. The Labute approximate surface area is 222 Å². The van der Waals surface area contributed by atoms with E-state index in [4.69, 9.17) is 14.2 Å². The van der Waals surface area contributed by atoms with Crippen LogP contribution in [-0.4, -0.2) is 36.4 Å². The minimum absolute atomic E-state index is 0.0449. The second kappa shape index (κ2) is 9.54. The van der Waals surface area contributed by atoms with Crippen molar-refractivity contribution in [3.8, 4) is 0 Å². The molecule has 0 aromatic heterocycles. The summed E-state index contributed by atoms with van der Waals surface area (Å²) in [5.74, 6) is 4.45. The van der Waals surface area contributed by atoms with Gasteiger partial charge in [0.15, 0.2) is 0 Å². The van der Waals surface area contributed by atoms with Crippen LogP contribution < -0.4 is 0 Å². The maximum atomic E-state index is 13.1. The molecule has 0 heterocycles. The molecule has 0 spiro atoms. The van der Waals surface area contributed by atoms with E-state index < -0.39 is 0 Å². The van der Waals surface area contributed by atoms with Gasteiger partial charge in [0.1, 0.15) is 11.2 Å². The summed E-state index contributed by atoms with van der Waals surface area (Å²) < 4.78 is 18.3. The van der Waals surface area contributed by atoms with Gasteiger partial charge in [0.2, 0.25) is 0 Å². The van der Waals surface area contributed by atoms with E-state index in [-0.39, 0.29) is 36.4 Å². The first kappa shape index (κ1) is 25.6. The molecule has 0 saturated heterocycles. The van der Waals surface area contributed by atoms with E-state index in [9.17, 15) is 9.59 Å². The molecule has 0 aliphatic heterocycles. The molecule has 8 saturated carbocycles. The Morgan fingerprint density at radius 1 is 0.649 bits per heavy atom. The molecule has 8 bridgehead atoms. The molecule has 5 heteroatoms. The molecule has 8 aliphatic rings. The average molecular weight is 511 g/mol. The van der Waals surface area contributed by atoms with Crippen molar-refractivity contribution in [1.82, 2.24) is 0 Å². The Bertz CT molecular complexity index is 862. The maximum Gasteiger partial charge on any atom is 0.336 e. The van der Waals surface area contributed by atoms with Crippen LogP contribution in [0.25, 0.3) is 0 Å². The van der Waals surface area contributed by atoms with Gasteiger partial charge in [0.05, 0.1) is 24.4 Å². The van der Waals surface area contributed by atoms with E-state index in [0.29, 0.717) is 58.5 Å². The molecular formula is C32H46O5. The van der Waals surface area contributed by atoms with Gasteiger partial charge in [-0.1, -0.05) is 27.0 Å². The van der Waals surface area contributed by atoms with Crippen LogP contribution in [0.2, 0.25) is 0 Å². The zero-order valence-corrected chi connectivity index (χ0v) is 23.0. The summed E-state index contributed by atoms with van der Waals surface area (Å²) >= 11 is 0. The molecule has 204 valence electrons. The van der Waals surface area contributed by atoms with E-state index >= 15 is 0 Å². The van der Waals surface area contributed by atoms with Crippen LogP contribution in [-0.2, 0) is 23.8 Å². The smallest absolute Gasteiger partial charge is 0.336 e. The number of hydrogen-bond donors (Lipinski definition) is 0. The first-order valence-corrected chi connectivity index (χ1v) is 15.1. The van der Waals surface area contributed by atoms with Gasteiger partial charge in [0, 0.05) is 11.8 Å². The van der Waals surface area contributed by atoms with Gasteiger partial charge in [-0.05, 0) is 113 Å². The molecule has 5 nitrogen and oxygen atoms in total. The number of carbonyl (C=O) groups excluding carboxylic acids is 2. The van der Waals surface area contributed by atoms with Crippen molar-refractivity contribution in [3.05, 3.63) is 24.3 Å². The predicted molar refractivity (Wildman–Crippen MR) is 141 cm³/mol. The Kier molecular flexibility index (Phi) is 6.61. The van der Waals surface area contributed by atoms with Gasteiger partial charge in [-0.2, -0.15) is 0 Å². The summed E-state index contributed by atoms with van der Waals surface area (Å²) in [7, 11) is 0. The molecule has 8 aliphatic carbocycles. The largest absolute Gasteiger partial charge is 0.455 e. The number of esters is 2. The highest BCUT2D eigenvalue weighted by Gasteiger charge is 2.59. The molecular weight excluding hydrogens is 464 g/mol. The quantitative estimate of drug-likeness (QED) is 0.251. The normalized spacial score (nSPS) is 44.6. The van der Waals surface area contributed by atoms with Crippen molar-refractivity contribution in [1.29, 1.82) is 0 Å². The highest BCUT2D eigenvalue weighted by atomic mass is 16.6. The lowest BCUT2D eigenvalue weighted by atomic mass is 9.49. The van der Waals surface area contributed by atoms with Gasteiger partial charge in [-0.15, -0.1) is 0 Å². The van der Waals surface area contributed by atoms with E-state index in [0.717, 1.165) is 38.5 Å². The number of ether oxygens (including phenoxy) is 3. The van der Waals surface area contributed by atoms with Crippen LogP contribution in [0.15, 0.2) is 24.3 Å². The zero-order valence-electron chi connectivity index (χ0n) is 23.0. The van der Waals surface area contributed by atoms with Crippen molar-refractivity contribution in [2.75, 3.05) is 13.2 Å². The van der Waals surface area contributed by atoms with Crippen LogP contribution in [0.5, 0.6) is 0 Å². The summed E-state index contributed by atoms with van der Waals surface area (Å²) in [6.07, 6.45) is 14.0. The van der Waals surface area contributed by atoms with Crippen molar-refractivity contribution in [2.45, 2.75) is 102 Å². The minimum atomic E-state index is -0.340. The first-order chi connectivity index (χ1) is 17.7. The number of rotatable bonds is 10. The molecule has 6 atom stereocenters. The highest BCUT2D eigenvalue weighted by molar-refractivity contribution is 5.89. The third-order valence-corrected chi connectivity index (χ3v) is 11.5. The molecule has 8 fully saturated rings. The molecule has 6 unspecified atom stereocenters. The van der Waals surface area contributed by atoms with E-state index in [1.807, 2.05) is 0 Å². The van der Waals surface area contributed by atoms with Gasteiger partial charge in [0.25, 0.3) is 0 Å². The summed E-state index contributed by atoms with van der Waals surface area (Å²) in [4.78, 5) is 26.1. The lowest BCUT2D eigenvalue weighted by Gasteiger charge is -2.60. The lowest BCUT2D eigenvalue weighted by Crippen LogP contribution is -2.59. The van der Waals surface area contributed by atoms with Gasteiger partial charge in [-0.25, -0.2) is 9.59 Å². The Morgan fingerprint density at radius 2 is 1.00 bits per heavy atom. The Balaban J connectivity index is 1.00. The zero-order chi connectivity index (χ0) is 25.9. The second-order valence-corrected chi connectivity index (χ2v) is 13.9. The van der Waals surface area contributed by atoms with Gasteiger partial charge in [-0.3, -0.25) is 0 Å². The van der Waals surface area contributed by atoms with Gasteiger partial charge < -0.3 is 14.2 Å². The van der Waals surface area contributed by atoms with Crippen LogP contribution in [0, 0.1) is 47.3 Å². The van der Waals surface area contributed by atoms with E-state index in [2.05, 4.69) is 27.0 Å². The number of carbonyl (C=O) groups is 2. The van der Waals surface area contributed by atoms with Crippen molar-refractivity contribution >= 4 is 11.9 Å². The third kappa shape index (κ3) is 4.41. The highest BCUT2D eigenvalue weighted by Crippen LogP contribution is 2.62. The summed E-state index contributed by atoms with van der Waals surface area (Å²) in [5, 5.41) is 0. The van der Waals surface area contributed by atoms with E-state index in [1.54, 1.807) is 0 Å². The molecule has 8 rings (SSSR count). The first-order valence-electron chi connectivity index (χ1n) is 15.1. The van der Waals surface area contributed by atoms with E-state index in [1.165, 1.54) is 38.5 Å². The van der Waals surface area contributed by atoms with Crippen molar-refractivity contribution in [2.24, 2.45) is 47.3 Å². The Hall–Kier alpha value is -1.62. The summed E-state index contributed by atoms with van der Waals surface area (Å²) in [6, 6.07) is 0. The SMILES string of the molecule is C=C(COCC(=C)C(=O)OC12CC3CC(CC(C3)C1CC)C2)C(=O)OC12CC3CC(CC(C3)C1CC)C2. The fraction of sp³-hybridized carbons (Fsp3) is 0.812. The minimum Gasteiger partial charge on any atom is -0.455 e. The Morgan fingerprint density at radius 3 is 1.32 bits per heavy atom. The van der Waals surface area contributed by atoms with Gasteiger partial charge >= 0.3 is 11.9 Å². The lowest BCUT2D eigenvalue weighted by molar-refractivity contribution is -0.206. The van der Waals surface area contributed by atoms with Crippen LogP contribution in [0.1, 0.15) is 90.9 Å². The fourth-order valence-corrected chi connectivity index (χ4v) is 10.8. The second-order valence-electron chi connectivity index (χ2n) is 13.9. The standard InChI is InChI=1S/C32H46O5/c1-5-27-25-9-21-7-22(10-25)14-31(27,13-21)36-29(33)19(3)17-35-18-20(4)30(34)37-32-15-23-8-24(16-32)12-26(11-23)28(32)6-2/h21-28H,3-18H2,1-2H3. The third-order valence-electron chi connectivity index (χ3n) is 11.5. The van der Waals surface area contributed by atoms with Crippen molar-refractivity contribution < 1.29 is 23.8 Å². The fourth-order valence-electron chi connectivity index (χ4n) is 10.8. The monoisotopic (exact) mass is 510 g/mol. The molecule has 0 aromatic carbocycles.